The van der Waals surface area contributed by atoms with Crippen LogP contribution in [0.1, 0.15) is 15.9 Å². The molecule has 0 atom stereocenters. The molecule has 0 aliphatic heterocycles. The molecule has 0 aromatic heterocycles. The normalized spacial score (nSPS) is 10.5. The number of nitrogens with zero attached hydrogens (tertiary/aromatic N) is 2. The minimum absolute atomic E-state index is 0.0650. The van der Waals surface area contributed by atoms with Crippen LogP contribution in [0.4, 0.5) is 0 Å². The number of hydrogen-bond donors (Lipinski definition) is 2. The molecular weight excluding hydrogens is 348 g/mol. The molecule has 0 bridgehead atoms. The number of carbonyl (C=O) groups excluding carboxylic acids is 2. The fraction of sp³-hybridized carbons (Fsp3) is 0.158. The van der Waals surface area contributed by atoms with Gasteiger partial charge >= 0.3 is 0 Å². The maximum Gasteiger partial charge on any atom is 0.259 e. The van der Waals surface area contributed by atoms with E-state index in [1.807, 2.05) is 6.07 Å². The molecule has 0 radical (unpaired) electrons. The fourth-order valence-corrected chi connectivity index (χ4v) is 2.15. The highest BCUT2D eigenvalue weighted by atomic mass is 16.5. The van der Waals surface area contributed by atoms with E-state index in [0.29, 0.717) is 22.6 Å². The van der Waals surface area contributed by atoms with Crippen molar-refractivity contribution in [2.45, 2.75) is 0 Å². The SMILES string of the molecule is COc1ccc(C(=O)NCC(=O)N/N=C(\C#N)c2ccccc2)cc1OC. The summed E-state index contributed by atoms with van der Waals surface area (Å²) in [6.07, 6.45) is 0. The second-order valence-corrected chi connectivity index (χ2v) is 5.23. The zero-order valence-electron chi connectivity index (χ0n) is 14.9. The molecule has 0 saturated heterocycles. The summed E-state index contributed by atoms with van der Waals surface area (Å²) in [6.45, 7) is -0.301. The minimum atomic E-state index is -0.562. The Morgan fingerprint density at radius 2 is 1.74 bits per heavy atom. The molecule has 0 spiro atoms. The monoisotopic (exact) mass is 366 g/mol. The van der Waals surface area contributed by atoms with Gasteiger partial charge in [0.2, 0.25) is 0 Å². The van der Waals surface area contributed by atoms with Crippen LogP contribution in [0.5, 0.6) is 11.5 Å². The quantitative estimate of drug-likeness (QED) is 0.569. The van der Waals surface area contributed by atoms with Crippen LogP contribution in [-0.2, 0) is 4.79 Å². The third kappa shape index (κ3) is 5.31. The third-order valence-corrected chi connectivity index (χ3v) is 3.50. The maximum absolute atomic E-state index is 12.2. The van der Waals surface area contributed by atoms with Crippen LogP contribution in [0.2, 0.25) is 0 Å². The summed E-state index contributed by atoms with van der Waals surface area (Å²) in [5.74, 6) is -0.127. The van der Waals surface area contributed by atoms with Gasteiger partial charge in [0.15, 0.2) is 17.2 Å². The van der Waals surface area contributed by atoms with E-state index in [1.54, 1.807) is 42.5 Å². The van der Waals surface area contributed by atoms with Gasteiger partial charge in [0.25, 0.3) is 11.8 Å². The largest absolute Gasteiger partial charge is 0.493 e. The van der Waals surface area contributed by atoms with Crippen LogP contribution in [0, 0.1) is 11.3 Å². The van der Waals surface area contributed by atoms with Crippen LogP contribution in [0.3, 0.4) is 0 Å². The van der Waals surface area contributed by atoms with E-state index in [4.69, 9.17) is 14.7 Å². The highest BCUT2D eigenvalue weighted by molar-refractivity contribution is 6.11. The molecule has 0 unspecified atom stereocenters. The van der Waals surface area contributed by atoms with Crippen molar-refractivity contribution >= 4 is 17.5 Å². The van der Waals surface area contributed by atoms with Crippen molar-refractivity contribution in [3.05, 3.63) is 59.7 Å². The maximum atomic E-state index is 12.2. The van der Waals surface area contributed by atoms with E-state index in [0.717, 1.165) is 0 Å². The zero-order chi connectivity index (χ0) is 19.6. The molecule has 2 N–H and O–H groups in total. The number of methoxy groups -OCH3 is 2. The predicted molar refractivity (Wildman–Crippen MR) is 98.6 cm³/mol. The summed E-state index contributed by atoms with van der Waals surface area (Å²) in [6, 6.07) is 15.3. The fourth-order valence-electron chi connectivity index (χ4n) is 2.15. The smallest absolute Gasteiger partial charge is 0.259 e. The average Bonchev–Trinajstić information content (AvgIpc) is 2.72. The molecule has 8 heteroatoms. The summed E-state index contributed by atoms with van der Waals surface area (Å²) in [7, 11) is 2.96. The van der Waals surface area contributed by atoms with Crippen LogP contribution in [-0.4, -0.2) is 38.3 Å². The Balaban J connectivity index is 1.94. The van der Waals surface area contributed by atoms with Crippen molar-refractivity contribution in [1.29, 1.82) is 5.26 Å². The van der Waals surface area contributed by atoms with Gasteiger partial charge in [-0.15, -0.1) is 0 Å². The molecule has 27 heavy (non-hydrogen) atoms. The lowest BCUT2D eigenvalue weighted by atomic mass is 10.1. The Kier molecular flexibility index (Phi) is 6.91. The van der Waals surface area contributed by atoms with Crippen molar-refractivity contribution in [2.75, 3.05) is 20.8 Å². The Morgan fingerprint density at radius 1 is 1.04 bits per heavy atom. The molecule has 2 amide bonds. The summed E-state index contributed by atoms with van der Waals surface area (Å²) in [5.41, 5.74) is 3.20. The second-order valence-electron chi connectivity index (χ2n) is 5.23. The van der Waals surface area contributed by atoms with Crippen LogP contribution < -0.4 is 20.2 Å². The molecule has 8 nitrogen and oxygen atoms in total. The number of carbonyl (C=O) groups is 2. The highest BCUT2D eigenvalue weighted by Crippen LogP contribution is 2.27. The molecule has 2 aromatic carbocycles. The van der Waals surface area contributed by atoms with Crippen molar-refractivity contribution in [3.63, 3.8) is 0 Å². The Bertz CT molecular complexity index is 888. The van der Waals surface area contributed by atoms with Gasteiger partial charge in [-0.25, -0.2) is 5.43 Å². The number of hydrazone groups is 1. The molecule has 2 rings (SSSR count). The number of benzene rings is 2. The van der Waals surface area contributed by atoms with Crippen LogP contribution >= 0.6 is 0 Å². The van der Waals surface area contributed by atoms with Crippen molar-refractivity contribution in [1.82, 2.24) is 10.7 Å². The lowest BCUT2D eigenvalue weighted by Gasteiger charge is -2.09. The lowest BCUT2D eigenvalue weighted by Crippen LogP contribution is -2.35. The first-order valence-corrected chi connectivity index (χ1v) is 7.91. The van der Waals surface area contributed by atoms with E-state index in [2.05, 4.69) is 15.8 Å². The predicted octanol–water partition coefficient (Wildman–Crippen LogP) is 1.48. The first kappa shape index (κ1) is 19.5. The Labute approximate surface area is 156 Å². The highest BCUT2D eigenvalue weighted by Gasteiger charge is 2.12. The molecule has 0 heterocycles. The van der Waals surface area contributed by atoms with Crippen molar-refractivity contribution in [3.8, 4) is 17.6 Å². The number of hydrogen-bond acceptors (Lipinski definition) is 6. The molecule has 0 aliphatic rings. The molecular formula is C19H18N4O4. The van der Waals surface area contributed by atoms with Gasteiger partial charge in [0.05, 0.1) is 20.8 Å². The Hall–Kier alpha value is -3.86. The lowest BCUT2D eigenvalue weighted by molar-refractivity contribution is -0.120. The topological polar surface area (TPSA) is 113 Å². The number of nitriles is 1. The van der Waals surface area contributed by atoms with Gasteiger partial charge in [0, 0.05) is 11.1 Å². The van der Waals surface area contributed by atoms with Gasteiger partial charge in [0.1, 0.15) is 6.07 Å². The van der Waals surface area contributed by atoms with E-state index < -0.39 is 11.8 Å². The van der Waals surface area contributed by atoms with Gasteiger partial charge in [-0.05, 0) is 18.2 Å². The third-order valence-electron chi connectivity index (χ3n) is 3.50. The molecule has 138 valence electrons. The second kappa shape index (κ2) is 9.58. The van der Waals surface area contributed by atoms with Crippen LogP contribution in [0.25, 0.3) is 0 Å². The van der Waals surface area contributed by atoms with Gasteiger partial charge < -0.3 is 14.8 Å². The first-order valence-electron chi connectivity index (χ1n) is 7.91. The summed E-state index contributed by atoms with van der Waals surface area (Å²) < 4.78 is 10.2. The van der Waals surface area contributed by atoms with Gasteiger partial charge in [-0.1, -0.05) is 30.3 Å². The minimum Gasteiger partial charge on any atom is -0.493 e. The number of nitrogens with one attached hydrogen (secondary N) is 2. The van der Waals surface area contributed by atoms with E-state index in [-0.39, 0.29) is 12.3 Å². The first-order chi connectivity index (χ1) is 13.1. The number of amides is 2. The summed E-state index contributed by atoms with van der Waals surface area (Å²) in [4.78, 5) is 24.0. The van der Waals surface area contributed by atoms with E-state index >= 15 is 0 Å². The molecule has 0 fully saturated rings. The zero-order valence-corrected chi connectivity index (χ0v) is 14.9. The average molecular weight is 366 g/mol. The van der Waals surface area contributed by atoms with Gasteiger partial charge in [-0.3, -0.25) is 9.59 Å². The standard InChI is InChI=1S/C19H18N4O4/c1-26-16-9-8-14(10-17(16)27-2)19(25)21-12-18(24)23-22-15(11-20)13-6-4-3-5-7-13/h3-10H,12H2,1-2H3,(H,21,25)(H,23,24)/b22-15+. The molecule has 2 aromatic rings. The van der Waals surface area contributed by atoms with Crippen molar-refractivity contribution < 1.29 is 19.1 Å². The molecule has 0 saturated carbocycles. The number of ether oxygens (including phenoxy) is 2. The van der Waals surface area contributed by atoms with E-state index in [1.165, 1.54) is 20.3 Å². The van der Waals surface area contributed by atoms with Gasteiger partial charge in [-0.2, -0.15) is 10.4 Å². The summed E-state index contributed by atoms with van der Waals surface area (Å²) >= 11 is 0. The molecule has 0 aliphatic carbocycles. The number of rotatable bonds is 7. The van der Waals surface area contributed by atoms with Crippen LogP contribution in [0.15, 0.2) is 53.6 Å². The summed E-state index contributed by atoms with van der Waals surface area (Å²) in [5, 5.41) is 15.4. The van der Waals surface area contributed by atoms with Crippen molar-refractivity contribution in [2.24, 2.45) is 5.10 Å². The Morgan fingerprint density at radius 3 is 2.37 bits per heavy atom. The van der Waals surface area contributed by atoms with E-state index in [9.17, 15) is 9.59 Å².